The standard InChI is InChI=1S/C6H13NO2/c1-3-4-7-6(2,9)5-8/h5,7,9H,3-4H2,1-2H3. The van der Waals surface area contributed by atoms with Crippen LogP contribution in [-0.4, -0.2) is 23.7 Å². The van der Waals surface area contributed by atoms with E-state index in [4.69, 9.17) is 5.11 Å². The fraction of sp³-hybridized carbons (Fsp3) is 0.833. The summed E-state index contributed by atoms with van der Waals surface area (Å²) < 4.78 is 0. The lowest BCUT2D eigenvalue weighted by atomic mass is 10.3. The Kier molecular flexibility index (Phi) is 3.42. The minimum absolute atomic E-state index is 0.489. The monoisotopic (exact) mass is 131 g/mol. The molecule has 0 aromatic carbocycles. The van der Waals surface area contributed by atoms with E-state index in [2.05, 4.69) is 5.32 Å². The van der Waals surface area contributed by atoms with E-state index in [1.54, 1.807) is 0 Å². The van der Waals surface area contributed by atoms with Crippen LogP contribution in [0.3, 0.4) is 0 Å². The van der Waals surface area contributed by atoms with Crippen molar-refractivity contribution >= 4 is 6.29 Å². The summed E-state index contributed by atoms with van der Waals surface area (Å²) in [6, 6.07) is 0. The predicted molar refractivity (Wildman–Crippen MR) is 35.0 cm³/mol. The first-order valence-electron chi connectivity index (χ1n) is 3.06. The summed E-state index contributed by atoms with van der Waals surface area (Å²) in [5.74, 6) is 0. The summed E-state index contributed by atoms with van der Waals surface area (Å²) >= 11 is 0. The fourth-order valence-electron chi connectivity index (χ4n) is 0.420. The normalized spacial score (nSPS) is 16.8. The van der Waals surface area contributed by atoms with Gasteiger partial charge in [-0.2, -0.15) is 0 Å². The largest absolute Gasteiger partial charge is 0.369 e. The molecule has 3 heteroatoms. The van der Waals surface area contributed by atoms with E-state index in [0.717, 1.165) is 6.42 Å². The second-order valence-electron chi connectivity index (χ2n) is 2.19. The van der Waals surface area contributed by atoms with Crippen LogP contribution in [0.1, 0.15) is 20.3 Å². The maximum atomic E-state index is 10.0. The van der Waals surface area contributed by atoms with E-state index in [1.807, 2.05) is 6.92 Å². The van der Waals surface area contributed by atoms with Crippen molar-refractivity contribution in [3.63, 3.8) is 0 Å². The quantitative estimate of drug-likeness (QED) is 0.413. The fourth-order valence-corrected chi connectivity index (χ4v) is 0.420. The number of hydrogen-bond donors (Lipinski definition) is 2. The molecular formula is C6H13NO2. The molecule has 0 radical (unpaired) electrons. The molecule has 0 amide bonds. The van der Waals surface area contributed by atoms with Gasteiger partial charge >= 0.3 is 0 Å². The molecule has 0 aliphatic carbocycles. The van der Waals surface area contributed by atoms with Gasteiger partial charge in [-0.25, -0.2) is 0 Å². The molecule has 0 aliphatic heterocycles. The van der Waals surface area contributed by atoms with Gasteiger partial charge in [-0.3, -0.25) is 10.1 Å². The maximum Gasteiger partial charge on any atom is 0.169 e. The Hall–Kier alpha value is -0.410. The number of aldehydes is 1. The van der Waals surface area contributed by atoms with Crippen LogP contribution >= 0.6 is 0 Å². The van der Waals surface area contributed by atoms with Gasteiger partial charge in [-0.05, 0) is 19.9 Å². The van der Waals surface area contributed by atoms with Crippen molar-refractivity contribution in [1.82, 2.24) is 5.32 Å². The Morgan fingerprint density at radius 3 is 2.67 bits per heavy atom. The SMILES string of the molecule is CCCNC(C)(O)C=O. The number of rotatable bonds is 4. The number of aliphatic hydroxyl groups is 1. The lowest BCUT2D eigenvalue weighted by molar-refractivity contribution is -0.125. The second kappa shape index (κ2) is 3.58. The van der Waals surface area contributed by atoms with Gasteiger partial charge in [0.25, 0.3) is 0 Å². The van der Waals surface area contributed by atoms with E-state index in [1.165, 1.54) is 6.92 Å². The third-order valence-corrected chi connectivity index (χ3v) is 0.962. The van der Waals surface area contributed by atoms with E-state index < -0.39 is 5.72 Å². The molecule has 0 aliphatic rings. The average Bonchev–Trinajstić information content (AvgIpc) is 1.84. The smallest absolute Gasteiger partial charge is 0.169 e. The minimum Gasteiger partial charge on any atom is -0.369 e. The van der Waals surface area contributed by atoms with Crippen LogP contribution in [0.5, 0.6) is 0 Å². The van der Waals surface area contributed by atoms with Gasteiger partial charge in [-0.1, -0.05) is 6.92 Å². The van der Waals surface area contributed by atoms with Crippen molar-refractivity contribution in [2.45, 2.75) is 26.0 Å². The molecule has 0 fully saturated rings. The third kappa shape index (κ3) is 4.12. The highest BCUT2D eigenvalue weighted by Gasteiger charge is 2.15. The molecule has 0 aromatic heterocycles. The van der Waals surface area contributed by atoms with Crippen LogP contribution in [-0.2, 0) is 4.79 Å². The van der Waals surface area contributed by atoms with Crippen LogP contribution in [0, 0.1) is 0 Å². The molecule has 0 bridgehead atoms. The molecule has 0 saturated heterocycles. The van der Waals surface area contributed by atoms with Crippen molar-refractivity contribution in [2.24, 2.45) is 0 Å². The predicted octanol–water partition coefficient (Wildman–Crippen LogP) is -0.107. The van der Waals surface area contributed by atoms with Crippen molar-refractivity contribution in [1.29, 1.82) is 0 Å². The highest BCUT2D eigenvalue weighted by molar-refractivity contribution is 5.60. The number of carbonyl (C=O) groups is 1. The molecule has 2 N–H and O–H groups in total. The first kappa shape index (κ1) is 8.59. The molecule has 9 heavy (non-hydrogen) atoms. The van der Waals surface area contributed by atoms with E-state index in [0.29, 0.717) is 12.8 Å². The van der Waals surface area contributed by atoms with E-state index >= 15 is 0 Å². The molecule has 0 spiro atoms. The van der Waals surface area contributed by atoms with E-state index in [9.17, 15) is 4.79 Å². The lowest BCUT2D eigenvalue weighted by Gasteiger charge is -2.16. The van der Waals surface area contributed by atoms with Crippen molar-refractivity contribution in [3.8, 4) is 0 Å². The molecule has 1 unspecified atom stereocenters. The summed E-state index contributed by atoms with van der Waals surface area (Å²) in [6.45, 7) is 4.05. The van der Waals surface area contributed by atoms with Crippen LogP contribution in [0.2, 0.25) is 0 Å². The van der Waals surface area contributed by atoms with Crippen molar-refractivity contribution in [2.75, 3.05) is 6.54 Å². The average molecular weight is 131 g/mol. The highest BCUT2D eigenvalue weighted by Crippen LogP contribution is 1.90. The van der Waals surface area contributed by atoms with Crippen LogP contribution in [0.4, 0.5) is 0 Å². The zero-order valence-electron chi connectivity index (χ0n) is 5.85. The molecular weight excluding hydrogens is 118 g/mol. The third-order valence-electron chi connectivity index (χ3n) is 0.962. The highest BCUT2D eigenvalue weighted by atomic mass is 16.3. The lowest BCUT2D eigenvalue weighted by Crippen LogP contribution is -2.43. The zero-order valence-corrected chi connectivity index (χ0v) is 5.85. The van der Waals surface area contributed by atoms with Gasteiger partial charge in [0.15, 0.2) is 12.0 Å². The van der Waals surface area contributed by atoms with Gasteiger partial charge < -0.3 is 5.11 Å². The van der Waals surface area contributed by atoms with E-state index in [-0.39, 0.29) is 0 Å². The van der Waals surface area contributed by atoms with Crippen LogP contribution in [0.15, 0.2) is 0 Å². The molecule has 0 heterocycles. The zero-order chi connectivity index (χ0) is 7.33. The Labute approximate surface area is 55.1 Å². The van der Waals surface area contributed by atoms with Crippen molar-refractivity contribution in [3.05, 3.63) is 0 Å². The minimum atomic E-state index is -1.34. The molecule has 3 nitrogen and oxygen atoms in total. The van der Waals surface area contributed by atoms with Gasteiger partial charge in [0.05, 0.1) is 0 Å². The summed E-state index contributed by atoms with van der Waals surface area (Å²) in [5, 5.41) is 11.6. The summed E-state index contributed by atoms with van der Waals surface area (Å²) in [6.07, 6.45) is 1.40. The molecule has 0 aromatic rings. The second-order valence-corrected chi connectivity index (χ2v) is 2.19. The number of hydrogen-bond acceptors (Lipinski definition) is 3. The Balaban J connectivity index is 3.45. The first-order valence-corrected chi connectivity index (χ1v) is 3.06. The Morgan fingerprint density at radius 1 is 1.78 bits per heavy atom. The summed E-state index contributed by atoms with van der Waals surface area (Å²) in [4.78, 5) is 10.0. The van der Waals surface area contributed by atoms with Gasteiger partial charge in [0.2, 0.25) is 0 Å². The Morgan fingerprint density at radius 2 is 2.33 bits per heavy atom. The van der Waals surface area contributed by atoms with Crippen LogP contribution < -0.4 is 5.32 Å². The Bertz CT molecular complexity index is 91.1. The maximum absolute atomic E-state index is 10.0. The first-order chi connectivity index (χ1) is 4.12. The molecule has 54 valence electrons. The number of carbonyl (C=O) groups excluding carboxylic acids is 1. The molecule has 0 saturated carbocycles. The van der Waals surface area contributed by atoms with Gasteiger partial charge in [0.1, 0.15) is 0 Å². The number of nitrogens with one attached hydrogen (secondary N) is 1. The topological polar surface area (TPSA) is 49.3 Å². The molecule has 0 rings (SSSR count). The summed E-state index contributed by atoms with van der Waals surface area (Å²) in [5.41, 5.74) is -1.34. The molecule has 1 atom stereocenters. The van der Waals surface area contributed by atoms with Gasteiger partial charge in [-0.15, -0.1) is 0 Å². The van der Waals surface area contributed by atoms with Crippen LogP contribution in [0.25, 0.3) is 0 Å². The van der Waals surface area contributed by atoms with Crippen molar-refractivity contribution < 1.29 is 9.90 Å². The van der Waals surface area contributed by atoms with Gasteiger partial charge in [0, 0.05) is 0 Å². The summed E-state index contributed by atoms with van der Waals surface area (Å²) in [7, 11) is 0.